The summed E-state index contributed by atoms with van der Waals surface area (Å²) in [5.41, 5.74) is 3.35. The van der Waals surface area contributed by atoms with Crippen molar-refractivity contribution in [3.63, 3.8) is 0 Å². The molecule has 0 saturated heterocycles. The first kappa shape index (κ1) is 12.4. The number of hydrogen-bond donors (Lipinski definition) is 0. The van der Waals surface area contributed by atoms with Gasteiger partial charge in [0.25, 0.3) is 0 Å². The summed E-state index contributed by atoms with van der Waals surface area (Å²) < 4.78 is 2.18. The first-order valence-corrected chi connectivity index (χ1v) is 7.11. The smallest absolute Gasteiger partial charge is 0.131 e. The van der Waals surface area contributed by atoms with Crippen LogP contribution in [0.3, 0.4) is 0 Å². The summed E-state index contributed by atoms with van der Waals surface area (Å²) in [6.07, 6.45) is 5.69. The molecule has 0 atom stereocenters. The van der Waals surface area contributed by atoms with E-state index in [0.717, 1.165) is 28.4 Å². The molecule has 0 N–H and O–H groups in total. The lowest BCUT2D eigenvalue weighted by atomic mass is 10.1. The number of fused-ring (bicyclic) bond motifs is 2. The van der Waals surface area contributed by atoms with Crippen molar-refractivity contribution in [2.45, 2.75) is 6.54 Å². The van der Waals surface area contributed by atoms with E-state index in [1.165, 1.54) is 5.56 Å². The maximum absolute atomic E-state index is 6.00. The topological polar surface area (TPSA) is 30.7 Å². The molecule has 3 aromatic heterocycles. The van der Waals surface area contributed by atoms with Gasteiger partial charge in [-0.25, -0.2) is 4.98 Å². The van der Waals surface area contributed by atoms with Gasteiger partial charge in [0, 0.05) is 35.9 Å². The minimum atomic E-state index is 0.519. The van der Waals surface area contributed by atoms with Gasteiger partial charge in [0.05, 0.1) is 11.0 Å². The van der Waals surface area contributed by atoms with E-state index in [-0.39, 0.29) is 0 Å². The number of nitrogens with zero attached hydrogens (tertiary/aromatic N) is 3. The predicted octanol–water partition coefficient (Wildman–Crippen LogP) is 4.29. The SMILES string of the molecule is Clc1cc2c(ccn2Cc2ccc3ncccc3c2)cn1. The average molecular weight is 294 g/mol. The van der Waals surface area contributed by atoms with Crippen molar-refractivity contribution in [2.75, 3.05) is 0 Å². The number of halogens is 1. The lowest BCUT2D eigenvalue weighted by molar-refractivity contribution is 0.837. The molecule has 4 aromatic rings. The largest absolute Gasteiger partial charge is 0.343 e. The molecule has 102 valence electrons. The van der Waals surface area contributed by atoms with Gasteiger partial charge in [-0.15, -0.1) is 0 Å². The molecular formula is C17H12ClN3. The van der Waals surface area contributed by atoms with Crippen molar-refractivity contribution in [1.29, 1.82) is 0 Å². The number of pyridine rings is 2. The van der Waals surface area contributed by atoms with Gasteiger partial charge < -0.3 is 4.57 Å². The lowest BCUT2D eigenvalue weighted by Gasteiger charge is -2.07. The summed E-state index contributed by atoms with van der Waals surface area (Å²) in [6, 6.07) is 14.4. The Kier molecular flexibility index (Phi) is 2.86. The van der Waals surface area contributed by atoms with E-state index >= 15 is 0 Å². The Morgan fingerprint density at radius 3 is 2.90 bits per heavy atom. The van der Waals surface area contributed by atoms with E-state index in [4.69, 9.17) is 11.6 Å². The van der Waals surface area contributed by atoms with Crippen LogP contribution in [0.4, 0.5) is 0 Å². The van der Waals surface area contributed by atoms with Gasteiger partial charge in [-0.05, 0) is 35.9 Å². The molecule has 4 rings (SSSR count). The third kappa shape index (κ3) is 2.26. The van der Waals surface area contributed by atoms with Crippen LogP contribution < -0.4 is 0 Å². The van der Waals surface area contributed by atoms with Crippen molar-refractivity contribution in [2.24, 2.45) is 0 Å². The third-order valence-electron chi connectivity index (χ3n) is 3.64. The lowest BCUT2D eigenvalue weighted by Crippen LogP contribution is -1.98. The van der Waals surface area contributed by atoms with Crippen LogP contribution in [0.2, 0.25) is 5.15 Å². The van der Waals surface area contributed by atoms with Crippen LogP contribution in [-0.4, -0.2) is 14.5 Å². The highest BCUT2D eigenvalue weighted by Gasteiger charge is 2.04. The average Bonchev–Trinajstić information content (AvgIpc) is 2.89. The van der Waals surface area contributed by atoms with Gasteiger partial charge in [0.15, 0.2) is 0 Å². The Hall–Kier alpha value is -2.39. The van der Waals surface area contributed by atoms with Crippen LogP contribution >= 0.6 is 11.6 Å². The monoisotopic (exact) mass is 293 g/mol. The van der Waals surface area contributed by atoms with Crippen molar-refractivity contribution < 1.29 is 0 Å². The summed E-state index contributed by atoms with van der Waals surface area (Å²) in [5.74, 6) is 0. The molecule has 0 radical (unpaired) electrons. The highest BCUT2D eigenvalue weighted by atomic mass is 35.5. The Labute approximate surface area is 126 Å². The maximum Gasteiger partial charge on any atom is 0.131 e. The molecule has 1 aromatic carbocycles. The fraction of sp³-hybridized carbons (Fsp3) is 0.0588. The number of hydrogen-bond acceptors (Lipinski definition) is 2. The highest BCUT2D eigenvalue weighted by Crippen LogP contribution is 2.20. The summed E-state index contributed by atoms with van der Waals surface area (Å²) in [5, 5.41) is 2.78. The maximum atomic E-state index is 6.00. The summed E-state index contributed by atoms with van der Waals surface area (Å²) >= 11 is 6.00. The molecule has 3 nitrogen and oxygen atoms in total. The zero-order valence-corrected chi connectivity index (χ0v) is 12.0. The molecule has 0 bridgehead atoms. The van der Waals surface area contributed by atoms with E-state index in [2.05, 4.69) is 51.1 Å². The molecule has 0 saturated carbocycles. The van der Waals surface area contributed by atoms with Gasteiger partial charge in [-0.1, -0.05) is 23.7 Å². The second kappa shape index (κ2) is 4.86. The molecule has 4 heteroatoms. The van der Waals surface area contributed by atoms with Gasteiger partial charge in [-0.2, -0.15) is 0 Å². The number of aromatic nitrogens is 3. The van der Waals surface area contributed by atoms with E-state index in [0.29, 0.717) is 5.15 Å². The zero-order chi connectivity index (χ0) is 14.2. The van der Waals surface area contributed by atoms with Crippen LogP contribution in [-0.2, 0) is 6.54 Å². The molecule has 0 aliphatic carbocycles. The highest BCUT2D eigenvalue weighted by molar-refractivity contribution is 6.30. The van der Waals surface area contributed by atoms with Crippen molar-refractivity contribution in [3.8, 4) is 0 Å². The van der Waals surface area contributed by atoms with Crippen LogP contribution in [0.5, 0.6) is 0 Å². The fourth-order valence-corrected chi connectivity index (χ4v) is 2.77. The Morgan fingerprint density at radius 1 is 1.00 bits per heavy atom. The minimum Gasteiger partial charge on any atom is -0.343 e. The van der Waals surface area contributed by atoms with E-state index in [1.807, 2.05) is 18.3 Å². The first-order chi connectivity index (χ1) is 10.3. The predicted molar refractivity (Wildman–Crippen MR) is 85.6 cm³/mol. The molecular weight excluding hydrogens is 282 g/mol. The van der Waals surface area contributed by atoms with Crippen molar-refractivity contribution in [3.05, 3.63) is 71.8 Å². The summed E-state index contributed by atoms with van der Waals surface area (Å²) in [7, 11) is 0. The van der Waals surface area contributed by atoms with Crippen LogP contribution in [0.1, 0.15) is 5.56 Å². The van der Waals surface area contributed by atoms with Gasteiger partial charge >= 0.3 is 0 Å². The normalized spacial score (nSPS) is 11.3. The summed E-state index contributed by atoms with van der Waals surface area (Å²) in [6.45, 7) is 0.800. The first-order valence-electron chi connectivity index (χ1n) is 6.74. The van der Waals surface area contributed by atoms with Crippen molar-refractivity contribution >= 4 is 33.4 Å². The van der Waals surface area contributed by atoms with Crippen LogP contribution in [0, 0.1) is 0 Å². The van der Waals surface area contributed by atoms with Crippen molar-refractivity contribution in [1.82, 2.24) is 14.5 Å². The molecule has 21 heavy (non-hydrogen) atoms. The van der Waals surface area contributed by atoms with Gasteiger partial charge in [0.2, 0.25) is 0 Å². The number of benzene rings is 1. The zero-order valence-electron chi connectivity index (χ0n) is 11.2. The van der Waals surface area contributed by atoms with E-state index < -0.39 is 0 Å². The molecule has 3 heterocycles. The molecule has 0 fully saturated rings. The molecule has 0 amide bonds. The Morgan fingerprint density at radius 2 is 1.95 bits per heavy atom. The standard InChI is InChI=1S/C17H12ClN3/c18-17-9-16-14(10-20-17)5-7-21(16)11-12-3-4-15-13(8-12)2-1-6-19-15/h1-10H,11H2. The van der Waals surface area contributed by atoms with Gasteiger partial charge in [0.1, 0.15) is 5.15 Å². The van der Waals surface area contributed by atoms with Crippen LogP contribution in [0.25, 0.3) is 21.8 Å². The van der Waals surface area contributed by atoms with Crippen LogP contribution in [0.15, 0.2) is 61.1 Å². The van der Waals surface area contributed by atoms with E-state index in [9.17, 15) is 0 Å². The molecule has 0 aliphatic heterocycles. The quantitative estimate of drug-likeness (QED) is 0.516. The minimum absolute atomic E-state index is 0.519. The second-order valence-corrected chi connectivity index (χ2v) is 5.43. The fourth-order valence-electron chi connectivity index (χ4n) is 2.62. The summed E-state index contributed by atoms with van der Waals surface area (Å²) in [4.78, 5) is 8.46. The third-order valence-corrected chi connectivity index (χ3v) is 3.85. The molecule has 0 aliphatic rings. The second-order valence-electron chi connectivity index (χ2n) is 5.04. The van der Waals surface area contributed by atoms with E-state index in [1.54, 1.807) is 6.20 Å². The van der Waals surface area contributed by atoms with Gasteiger partial charge in [-0.3, -0.25) is 4.98 Å². The molecule has 0 spiro atoms. The molecule has 0 unspecified atom stereocenters. The Bertz CT molecular complexity index is 943. The Balaban J connectivity index is 1.77. The number of rotatable bonds is 2.